The van der Waals surface area contributed by atoms with E-state index >= 15 is 0 Å². The molecular weight excluding hydrogens is 333 g/mol. The Balaban J connectivity index is 3.45. The van der Waals surface area contributed by atoms with Crippen molar-refractivity contribution in [1.29, 1.82) is 0 Å². The second-order valence-electron chi connectivity index (χ2n) is 9.54. The van der Waals surface area contributed by atoms with Gasteiger partial charge >= 0.3 is 0 Å². The highest BCUT2D eigenvalue weighted by molar-refractivity contribution is 7.75. The van der Waals surface area contributed by atoms with Crippen LogP contribution in [-0.2, 0) is 6.16 Å². The van der Waals surface area contributed by atoms with Crippen LogP contribution < -0.4 is 0 Å². The predicted octanol–water partition coefficient (Wildman–Crippen LogP) is 7.37. The van der Waals surface area contributed by atoms with Crippen LogP contribution in [0.2, 0.25) is 0 Å². The molecule has 0 aliphatic carbocycles. The molecule has 1 rings (SSSR count). The zero-order valence-electron chi connectivity index (χ0n) is 19.0. The van der Waals surface area contributed by atoms with Crippen molar-refractivity contribution in [3.63, 3.8) is 0 Å². The molecule has 1 aromatic rings. The van der Waals surface area contributed by atoms with E-state index in [2.05, 4.69) is 97.5 Å². The summed E-state index contributed by atoms with van der Waals surface area (Å²) in [5.41, 5.74) is 1.55. The number of hydrogen-bond acceptors (Lipinski definition) is 1. The zero-order valence-corrected chi connectivity index (χ0v) is 19.9. The number of benzene rings is 1. The van der Waals surface area contributed by atoms with Gasteiger partial charge in [-0.15, -0.1) is 0 Å². The minimum absolute atomic E-state index is 0.606. The lowest BCUT2D eigenvalue weighted by atomic mass is 10.2. The maximum absolute atomic E-state index is 2.85. The Morgan fingerprint density at radius 2 is 1.23 bits per heavy atom. The van der Waals surface area contributed by atoms with Crippen LogP contribution in [-0.4, -0.2) is 35.1 Å². The molecule has 0 aliphatic rings. The molecule has 0 saturated heterocycles. The van der Waals surface area contributed by atoms with Crippen LogP contribution in [0.4, 0.5) is 0 Å². The molecule has 0 fully saturated rings. The first-order chi connectivity index (χ1) is 12.1. The topological polar surface area (TPSA) is 3.24 Å². The second-order valence-corrected chi connectivity index (χ2v) is 13.6. The van der Waals surface area contributed by atoms with Crippen molar-refractivity contribution in [2.45, 2.75) is 92.8 Å². The van der Waals surface area contributed by atoms with E-state index in [0.717, 1.165) is 17.6 Å². The van der Waals surface area contributed by atoms with Crippen molar-refractivity contribution < 1.29 is 0 Å². The third kappa shape index (κ3) is 6.65. The fourth-order valence-electron chi connectivity index (χ4n) is 5.12. The van der Waals surface area contributed by atoms with Crippen LogP contribution >= 0.6 is 7.26 Å². The van der Waals surface area contributed by atoms with Gasteiger partial charge in [0, 0.05) is 19.3 Å². The van der Waals surface area contributed by atoms with Crippen molar-refractivity contribution >= 4 is 7.26 Å². The van der Waals surface area contributed by atoms with Crippen molar-refractivity contribution in [3.8, 4) is 0 Å². The lowest BCUT2D eigenvalue weighted by Gasteiger charge is -2.46. The lowest BCUT2D eigenvalue weighted by molar-refractivity contribution is 0.151. The van der Waals surface area contributed by atoms with Crippen molar-refractivity contribution in [2.75, 3.05) is 12.3 Å². The molecule has 1 unspecified atom stereocenters. The first-order valence-electron chi connectivity index (χ1n) is 10.8. The van der Waals surface area contributed by atoms with Crippen LogP contribution in [0.25, 0.3) is 0 Å². The quantitative estimate of drug-likeness (QED) is 0.363. The van der Waals surface area contributed by atoms with Gasteiger partial charge in [0.2, 0.25) is 0 Å². The number of rotatable bonds is 11. The Hall–Kier alpha value is -0.390. The average molecular weight is 379 g/mol. The fraction of sp³-hybridized carbons (Fsp3) is 0.750. The molecule has 0 heterocycles. The summed E-state index contributed by atoms with van der Waals surface area (Å²) in [5.74, 6) is 2.26. The Labute approximate surface area is 165 Å². The van der Waals surface area contributed by atoms with E-state index in [9.17, 15) is 0 Å². The highest BCUT2D eigenvalue weighted by Crippen LogP contribution is 2.69. The second kappa shape index (κ2) is 10.8. The zero-order chi connectivity index (χ0) is 19.9. The van der Waals surface area contributed by atoms with Crippen LogP contribution in [0.5, 0.6) is 0 Å². The van der Waals surface area contributed by atoms with Crippen LogP contribution in [0.15, 0.2) is 30.3 Å². The van der Waals surface area contributed by atoms with Gasteiger partial charge in [-0.1, -0.05) is 65.0 Å². The predicted molar refractivity (Wildman–Crippen MR) is 123 cm³/mol. The summed E-state index contributed by atoms with van der Waals surface area (Å²) in [5, 5.41) is 0. The van der Waals surface area contributed by atoms with Crippen molar-refractivity contribution in [3.05, 3.63) is 35.9 Å². The summed E-state index contributed by atoms with van der Waals surface area (Å²) < 4.78 is 0. The van der Waals surface area contributed by atoms with Crippen LogP contribution in [0.1, 0.15) is 74.3 Å². The SMILES string of the molecule is CCC(N(C(C)C)C(C)C)[P+](Cc1ccccc1)(CC(C)C)CC(C)C. The van der Waals surface area contributed by atoms with Crippen LogP contribution in [0.3, 0.4) is 0 Å². The molecule has 0 N–H and O–H groups in total. The molecule has 0 aromatic heterocycles. The van der Waals surface area contributed by atoms with Gasteiger partial charge in [-0.05, 0) is 51.5 Å². The molecular formula is C24H45NP+. The summed E-state index contributed by atoms with van der Waals surface area (Å²) in [6.45, 7) is 21.7. The van der Waals surface area contributed by atoms with E-state index in [1.807, 2.05) is 0 Å². The van der Waals surface area contributed by atoms with E-state index < -0.39 is 7.26 Å². The summed E-state index contributed by atoms with van der Waals surface area (Å²) in [6.07, 6.45) is 5.40. The standard InChI is InChI=1S/C24H45NP/c1-10-24(25(21(6)7)22(8)9)26(16-19(2)3,17-20(4)5)18-23-14-12-11-13-15-23/h11-15,19-22,24H,10,16-18H2,1-9H3/q+1. The molecule has 1 aromatic carbocycles. The first kappa shape index (κ1) is 23.6. The Morgan fingerprint density at radius 1 is 0.769 bits per heavy atom. The minimum atomic E-state index is -1.18. The van der Waals surface area contributed by atoms with Crippen LogP contribution in [0, 0.1) is 11.8 Å². The Morgan fingerprint density at radius 3 is 1.58 bits per heavy atom. The molecule has 0 aliphatic heterocycles. The molecule has 26 heavy (non-hydrogen) atoms. The largest absolute Gasteiger partial charge is 0.264 e. The third-order valence-electron chi connectivity index (χ3n) is 5.33. The first-order valence-corrected chi connectivity index (χ1v) is 13.2. The van der Waals surface area contributed by atoms with E-state index in [1.165, 1.54) is 24.9 Å². The van der Waals surface area contributed by atoms with Gasteiger partial charge in [-0.3, -0.25) is 4.90 Å². The van der Waals surface area contributed by atoms with Gasteiger partial charge in [0.25, 0.3) is 0 Å². The van der Waals surface area contributed by atoms with Crippen molar-refractivity contribution in [2.24, 2.45) is 11.8 Å². The van der Waals surface area contributed by atoms with Gasteiger partial charge in [0.05, 0.1) is 18.5 Å². The monoisotopic (exact) mass is 378 g/mol. The van der Waals surface area contributed by atoms with E-state index in [-0.39, 0.29) is 0 Å². The maximum atomic E-state index is 2.85. The molecule has 150 valence electrons. The molecule has 0 spiro atoms. The van der Waals surface area contributed by atoms with Gasteiger partial charge in [0.15, 0.2) is 0 Å². The van der Waals surface area contributed by atoms with Crippen molar-refractivity contribution in [1.82, 2.24) is 4.90 Å². The van der Waals surface area contributed by atoms with Gasteiger partial charge in [-0.2, -0.15) is 0 Å². The highest BCUT2D eigenvalue weighted by Gasteiger charge is 2.49. The molecule has 1 atom stereocenters. The summed E-state index contributed by atoms with van der Waals surface area (Å²) in [6, 6.07) is 12.5. The normalized spacial score (nSPS) is 14.2. The Bertz CT molecular complexity index is 474. The highest BCUT2D eigenvalue weighted by atomic mass is 31.2. The summed E-state index contributed by atoms with van der Waals surface area (Å²) in [4.78, 5) is 2.85. The maximum Gasteiger partial charge on any atom is 0.122 e. The average Bonchev–Trinajstić information content (AvgIpc) is 2.50. The molecule has 1 nitrogen and oxygen atoms in total. The molecule has 0 saturated carbocycles. The summed E-state index contributed by atoms with van der Waals surface area (Å²) in [7, 11) is -1.18. The minimum Gasteiger partial charge on any atom is -0.264 e. The van der Waals surface area contributed by atoms with Gasteiger partial charge in [0.1, 0.15) is 5.78 Å². The number of hydrogen-bond donors (Lipinski definition) is 0. The smallest absolute Gasteiger partial charge is 0.122 e. The van der Waals surface area contributed by atoms with E-state index in [1.54, 1.807) is 5.56 Å². The Kier molecular flexibility index (Phi) is 9.84. The lowest BCUT2D eigenvalue weighted by Crippen LogP contribution is -2.47. The molecule has 2 heteroatoms. The molecule has 0 bridgehead atoms. The summed E-state index contributed by atoms with van der Waals surface area (Å²) >= 11 is 0. The van der Waals surface area contributed by atoms with Gasteiger partial charge < -0.3 is 0 Å². The molecule has 0 radical (unpaired) electrons. The fourth-order valence-corrected chi connectivity index (χ4v) is 11.9. The van der Waals surface area contributed by atoms with Gasteiger partial charge in [-0.25, -0.2) is 0 Å². The molecule has 0 amide bonds. The van der Waals surface area contributed by atoms with E-state index in [4.69, 9.17) is 0 Å². The number of nitrogens with zero attached hydrogens (tertiary/aromatic N) is 1. The third-order valence-corrected chi connectivity index (χ3v) is 11.1. The van der Waals surface area contributed by atoms with E-state index in [0.29, 0.717) is 12.1 Å².